The Morgan fingerprint density at radius 3 is 3.00 bits per heavy atom. The molecule has 0 bridgehead atoms. The van der Waals surface area contributed by atoms with Gasteiger partial charge in [0.1, 0.15) is 10.7 Å². The Hall–Kier alpha value is -2.15. The van der Waals surface area contributed by atoms with Gasteiger partial charge in [-0.05, 0) is 13.0 Å². The van der Waals surface area contributed by atoms with Crippen molar-refractivity contribution >= 4 is 23.5 Å². The average Bonchev–Trinajstić information content (AvgIpc) is 2.81. The number of halogens is 1. The molecule has 0 aliphatic heterocycles. The normalized spacial score (nSPS) is 10.3. The van der Waals surface area contributed by atoms with E-state index in [1.54, 1.807) is 6.20 Å². The van der Waals surface area contributed by atoms with Crippen molar-refractivity contribution in [2.45, 2.75) is 6.92 Å². The first-order valence-electron chi connectivity index (χ1n) is 5.24. The summed E-state index contributed by atoms with van der Waals surface area (Å²) < 4.78 is 1.38. The highest BCUT2D eigenvalue weighted by Crippen LogP contribution is 2.18. The fourth-order valence-corrected chi connectivity index (χ4v) is 1.51. The van der Waals surface area contributed by atoms with E-state index in [0.717, 1.165) is 0 Å². The van der Waals surface area contributed by atoms with Gasteiger partial charge in [-0.3, -0.25) is 4.79 Å². The van der Waals surface area contributed by atoms with E-state index in [0.29, 0.717) is 23.3 Å². The van der Waals surface area contributed by atoms with Gasteiger partial charge in [-0.15, -0.1) is 0 Å². The number of carbonyl (C=O) groups excluding carboxylic acids is 1. The Bertz CT molecular complexity index is 581. The topological polar surface area (TPSA) is 98.7 Å². The molecule has 0 radical (unpaired) electrons. The first-order valence-corrected chi connectivity index (χ1v) is 5.62. The number of hydrogen-bond donors (Lipinski definition) is 2. The van der Waals surface area contributed by atoms with Crippen molar-refractivity contribution in [1.82, 2.24) is 19.7 Å². The maximum Gasteiger partial charge on any atom is 0.269 e. The van der Waals surface area contributed by atoms with Crippen LogP contribution in [0, 0.1) is 0 Å². The molecular weight excluding hydrogens is 256 g/mol. The summed E-state index contributed by atoms with van der Waals surface area (Å²) in [7, 11) is 0. The largest absolute Gasteiger partial charge is 0.364 e. The lowest BCUT2D eigenvalue weighted by Gasteiger charge is -2.06. The lowest BCUT2D eigenvalue weighted by Crippen LogP contribution is -2.13. The van der Waals surface area contributed by atoms with Crippen molar-refractivity contribution in [2.75, 3.05) is 11.9 Å². The van der Waals surface area contributed by atoms with Gasteiger partial charge in [0.15, 0.2) is 5.82 Å². The molecule has 0 saturated heterocycles. The SMILES string of the molecule is CCNc1ncc(Cl)c(-n2ccc(C(N)=O)n2)n1. The molecule has 3 N–H and O–H groups in total. The highest BCUT2D eigenvalue weighted by atomic mass is 35.5. The van der Waals surface area contributed by atoms with Crippen LogP contribution >= 0.6 is 11.6 Å². The van der Waals surface area contributed by atoms with Gasteiger partial charge in [-0.1, -0.05) is 11.6 Å². The van der Waals surface area contributed by atoms with E-state index in [-0.39, 0.29) is 5.69 Å². The summed E-state index contributed by atoms with van der Waals surface area (Å²) in [6, 6.07) is 1.49. The summed E-state index contributed by atoms with van der Waals surface area (Å²) in [6.45, 7) is 2.61. The number of carbonyl (C=O) groups is 1. The van der Waals surface area contributed by atoms with Crippen LogP contribution in [0.3, 0.4) is 0 Å². The average molecular weight is 267 g/mol. The summed E-state index contributed by atoms with van der Waals surface area (Å²) in [6.07, 6.45) is 3.03. The monoisotopic (exact) mass is 266 g/mol. The Morgan fingerprint density at radius 1 is 1.61 bits per heavy atom. The number of nitrogens with zero attached hydrogens (tertiary/aromatic N) is 4. The predicted molar refractivity (Wildman–Crippen MR) is 66.8 cm³/mol. The van der Waals surface area contributed by atoms with Gasteiger partial charge in [0, 0.05) is 12.7 Å². The van der Waals surface area contributed by atoms with Crippen molar-refractivity contribution in [3.05, 3.63) is 29.2 Å². The van der Waals surface area contributed by atoms with E-state index >= 15 is 0 Å². The number of amides is 1. The molecule has 2 heterocycles. The minimum Gasteiger partial charge on any atom is -0.364 e. The highest BCUT2D eigenvalue weighted by molar-refractivity contribution is 6.32. The number of aromatic nitrogens is 4. The third-order valence-corrected chi connectivity index (χ3v) is 2.39. The van der Waals surface area contributed by atoms with Crippen LogP contribution in [0.2, 0.25) is 5.02 Å². The lowest BCUT2D eigenvalue weighted by atomic mass is 10.4. The number of hydrogen-bond acceptors (Lipinski definition) is 5. The van der Waals surface area contributed by atoms with Crippen LogP contribution in [-0.4, -0.2) is 32.2 Å². The Kier molecular flexibility index (Phi) is 3.42. The van der Waals surface area contributed by atoms with Crippen LogP contribution in [0.1, 0.15) is 17.4 Å². The van der Waals surface area contributed by atoms with E-state index in [2.05, 4.69) is 20.4 Å². The highest BCUT2D eigenvalue weighted by Gasteiger charge is 2.11. The predicted octanol–water partition coefficient (Wildman–Crippen LogP) is 0.846. The second-order valence-electron chi connectivity index (χ2n) is 3.41. The zero-order valence-electron chi connectivity index (χ0n) is 9.59. The molecule has 0 aromatic carbocycles. The van der Waals surface area contributed by atoms with E-state index in [9.17, 15) is 4.79 Å². The summed E-state index contributed by atoms with van der Waals surface area (Å²) in [5.74, 6) is 0.217. The molecule has 0 fully saturated rings. The third-order valence-electron chi connectivity index (χ3n) is 2.12. The fourth-order valence-electron chi connectivity index (χ4n) is 1.34. The molecule has 1 amide bonds. The molecule has 94 valence electrons. The summed E-state index contributed by atoms with van der Waals surface area (Å²) in [4.78, 5) is 19.2. The smallest absolute Gasteiger partial charge is 0.269 e. The quantitative estimate of drug-likeness (QED) is 0.855. The number of rotatable bonds is 4. The van der Waals surface area contributed by atoms with Gasteiger partial charge in [-0.25, -0.2) is 9.67 Å². The molecule has 8 heteroatoms. The van der Waals surface area contributed by atoms with Crippen molar-refractivity contribution < 1.29 is 4.79 Å². The zero-order valence-corrected chi connectivity index (χ0v) is 10.3. The van der Waals surface area contributed by atoms with E-state index in [1.807, 2.05) is 6.92 Å². The molecule has 0 aliphatic carbocycles. The zero-order chi connectivity index (χ0) is 13.1. The van der Waals surface area contributed by atoms with Gasteiger partial charge in [0.2, 0.25) is 5.95 Å². The maximum absolute atomic E-state index is 11.0. The van der Waals surface area contributed by atoms with Crippen molar-refractivity contribution in [3.8, 4) is 5.82 Å². The van der Waals surface area contributed by atoms with Crippen LogP contribution < -0.4 is 11.1 Å². The van der Waals surface area contributed by atoms with E-state index < -0.39 is 5.91 Å². The summed E-state index contributed by atoms with van der Waals surface area (Å²) >= 11 is 5.99. The second kappa shape index (κ2) is 5.01. The molecule has 0 spiro atoms. The van der Waals surface area contributed by atoms with Crippen LogP contribution in [0.15, 0.2) is 18.5 Å². The van der Waals surface area contributed by atoms with Crippen LogP contribution in [0.25, 0.3) is 5.82 Å². The molecule has 0 saturated carbocycles. The molecule has 7 nitrogen and oxygen atoms in total. The van der Waals surface area contributed by atoms with Gasteiger partial charge in [-0.2, -0.15) is 10.1 Å². The van der Waals surface area contributed by atoms with Gasteiger partial charge in [0.25, 0.3) is 5.91 Å². The standard InChI is InChI=1S/C10H11ClN6O/c1-2-13-10-14-5-6(11)9(15-10)17-4-3-7(16-17)8(12)18/h3-5H,2H2,1H3,(H2,12,18)(H,13,14,15). The molecule has 2 aromatic heterocycles. The number of nitrogens with one attached hydrogen (secondary N) is 1. The maximum atomic E-state index is 11.0. The molecule has 0 aliphatic rings. The summed E-state index contributed by atoms with van der Waals surface area (Å²) in [5.41, 5.74) is 5.28. The van der Waals surface area contributed by atoms with Crippen molar-refractivity contribution in [3.63, 3.8) is 0 Å². The van der Waals surface area contributed by atoms with Gasteiger partial charge in [0.05, 0.1) is 6.20 Å². The van der Waals surface area contributed by atoms with Crippen molar-refractivity contribution in [1.29, 1.82) is 0 Å². The number of nitrogens with two attached hydrogens (primary N) is 1. The second-order valence-corrected chi connectivity index (χ2v) is 3.81. The summed E-state index contributed by atoms with van der Waals surface area (Å²) in [5, 5.41) is 7.27. The first-order chi connectivity index (χ1) is 8.61. The van der Waals surface area contributed by atoms with Crippen LogP contribution in [-0.2, 0) is 0 Å². The fraction of sp³-hybridized carbons (Fsp3) is 0.200. The van der Waals surface area contributed by atoms with Gasteiger partial charge < -0.3 is 11.1 Å². The van der Waals surface area contributed by atoms with E-state index in [1.165, 1.54) is 16.9 Å². The molecular formula is C10H11ClN6O. The molecule has 0 atom stereocenters. The third kappa shape index (κ3) is 2.40. The molecule has 0 unspecified atom stereocenters. The Balaban J connectivity index is 2.41. The minimum absolute atomic E-state index is 0.148. The lowest BCUT2D eigenvalue weighted by molar-refractivity contribution is 0.0995. The molecule has 2 aromatic rings. The first kappa shape index (κ1) is 12.3. The van der Waals surface area contributed by atoms with Gasteiger partial charge >= 0.3 is 0 Å². The van der Waals surface area contributed by atoms with Crippen LogP contribution in [0.4, 0.5) is 5.95 Å². The Labute approximate surface area is 108 Å². The van der Waals surface area contributed by atoms with E-state index in [4.69, 9.17) is 17.3 Å². The van der Waals surface area contributed by atoms with Crippen molar-refractivity contribution in [2.24, 2.45) is 5.73 Å². The number of primary amides is 1. The number of anilines is 1. The minimum atomic E-state index is -0.606. The Morgan fingerprint density at radius 2 is 2.39 bits per heavy atom. The molecule has 18 heavy (non-hydrogen) atoms. The van der Waals surface area contributed by atoms with Crippen LogP contribution in [0.5, 0.6) is 0 Å². The molecule has 2 rings (SSSR count).